The normalized spacial score (nSPS) is 14.3. The lowest BCUT2D eigenvalue weighted by molar-refractivity contribution is 0.0947. The van der Waals surface area contributed by atoms with Crippen LogP contribution in [0.5, 0.6) is 17.2 Å². The molecule has 3 aromatic rings. The summed E-state index contributed by atoms with van der Waals surface area (Å²) in [7, 11) is 4.98. The molecule has 1 aliphatic rings. The van der Waals surface area contributed by atoms with E-state index >= 15 is 0 Å². The summed E-state index contributed by atoms with van der Waals surface area (Å²) in [5.74, 6) is 2.50. The summed E-state index contributed by atoms with van der Waals surface area (Å²) in [4.78, 5) is 20.4. The number of para-hydroxylation sites is 1. The van der Waals surface area contributed by atoms with Gasteiger partial charge in [0.15, 0.2) is 0 Å². The highest BCUT2D eigenvalue weighted by Gasteiger charge is 2.26. The van der Waals surface area contributed by atoms with Gasteiger partial charge in [-0.15, -0.1) is 0 Å². The van der Waals surface area contributed by atoms with Crippen molar-refractivity contribution in [1.29, 1.82) is 0 Å². The van der Waals surface area contributed by atoms with Crippen molar-refractivity contribution in [3.63, 3.8) is 0 Å². The van der Waals surface area contributed by atoms with E-state index in [-0.39, 0.29) is 11.8 Å². The largest absolute Gasteiger partial charge is 0.497 e. The number of piperidine rings is 1. The molecule has 0 radical (unpaired) electrons. The third-order valence-electron chi connectivity index (χ3n) is 6.73. The van der Waals surface area contributed by atoms with Gasteiger partial charge in [0.2, 0.25) is 0 Å². The number of carbonyl (C=O) groups is 1. The predicted octanol–water partition coefficient (Wildman–Crippen LogP) is 4.73. The molecule has 1 fully saturated rings. The van der Waals surface area contributed by atoms with Crippen LogP contribution in [-0.4, -0.2) is 50.2 Å². The molecule has 1 amide bonds. The van der Waals surface area contributed by atoms with Crippen LogP contribution < -0.4 is 19.5 Å². The fraction of sp³-hybridized carbons (Fsp3) is 0.379. The third kappa shape index (κ3) is 6.15. The topological polar surface area (TPSA) is 72.9 Å². The van der Waals surface area contributed by atoms with E-state index in [0.29, 0.717) is 12.1 Å². The zero-order chi connectivity index (χ0) is 25.5. The average Bonchev–Trinajstić information content (AvgIpc) is 2.92. The van der Waals surface area contributed by atoms with Crippen molar-refractivity contribution < 1.29 is 19.0 Å². The van der Waals surface area contributed by atoms with Crippen LogP contribution in [0.4, 0.5) is 0 Å². The highest BCUT2D eigenvalue weighted by Crippen LogP contribution is 2.31. The van der Waals surface area contributed by atoms with Gasteiger partial charge in [-0.25, -0.2) is 0 Å². The van der Waals surface area contributed by atoms with Gasteiger partial charge in [0.05, 0.1) is 32.6 Å². The molecule has 0 aliphatic carbocycles. The maximum Gasteiger partial charge on any atom is 0.253 e. The molecule has 4 rings (SSSR count). The summed E-state index contributed by atoms with van der Waals surface area (Å²) in [6.07, 6.45) is 1.90. The number of carbonyl (C=O) groups excluding carboxylic acids is 1. The number of benzene rings is 2. The van der Waals surface area contributed by atoms with Crippen molar-refractivity contribution in [3.8, 4) is 17.2 Å². The van der Waals surface area contributed by atoms with Crippen LogP contribution in [0.1, 0.15) is 51.6 Å². The molecule has 190 valence electrons. The molecular formula is C29H35N3O4. The zero-order valence-corrected chi connectivity index (χ0v) is 21.5. The second kappa shape index (κ2) is 11.9. The number of hydrogen-bond acceptors (Lipinski definition) is 6. The van der Waals surface area contributed by atoms with Gasteiger partial charge >= 0.3 is 0 Å². The lowest BCUT2D eigenvalue weighted by Gasteiger charge is -2.32. The number of aryl methyl sites for hydroxylation is 1. The standard InChI is InChI=1S/C29H35N3O4/c1-20-9-10-26(29(33)30-18-23-7-5-6-8-27(23)36-4)28(31-20)22-11-13-32(14-12-22)19-21-15-24(34-2)17-25(16-21)35-3/h5-10,15-17,22H,11-14,18-19H2,1-4H3,(H,30,33). The van der Waals surface area contributed by atoms with E-state index in [1.54, 1.807) is 21.3 Å². The molecule has 36 heavy (non-hydrogen) atoms. The van der Waals surface area contributed by atoms with Gasteiger partial charge in [0.1, 0.15) is 17.2 Å². The second-order valence-corrected chi connectivity index (χ2v) is 9.15. The Morgan fingerprint density at radius 2 is 1.67 bits per heavy atom. The van der Waals surface area contributed by atoms with Crippen LogP contribution in [0.25, 0.3) is 0 Å². The lowest BCUT2D eigenvalue weighted by Crippen LogP contribution is -2.34. The van der Waals surface area contributed by atoms with Gasteiger partial charge in [-0.2, -0.15) is 0 Å². The Kier molecular flexibility index (Phi) is 8.44. The predicted molar refractivity (Wildman–Crippen MR) is 140 cm³/mol. The van der Waals surface area contributed by atoms with Crippen molar-refractivity contribution in [2.75, 3.05) is 34.4 Å². The minimum Gasteiger partial charge on any atom is -0.497 e. The Bertz CT molecular complexity index is 1170. The van der Waals surface area contributed by atoms with E-state index in [1.807, 2.05) is 49.4 Å². The van der Waals surface area contributed by atoms with Crippen molar-refractivity contribution in [2.24, 2.45) is 0 Å². The highest BCUT2D eigenvalue weighted by atomic mass is 16.5. The number of hydrogen-bond donors (Lipinski definition) is 1. The molecule has 2 heterocycles. The Labute approximate surface area is 213 Å². The van der Waals surface area contributed by atoms with Crippen LogP contribution in [-0.2, 0) is 13.1 Å². The van der Waals surface area contributed by atoms with Crippen molar-refractivity contribution >= 4 is 5.91 Å². The molecule has 0 spiro atoms. The van der Waals surface area contributed by atoms with Gasteiger partial charge in [-0.1, -0.05) is 18.2 Å². The fourth-order valence-corrected chi connectivity index (χ4v) is 4.78. The second-order valence-electron chi connectivity index (χ2n) is 9.15. The number of nitrogens with one attached hydrogen (secondary N) is 1. The maximum atomic E-state index is 13.2. The molecular weight excluding hydrogens is 454 g/mol. The van der Waals surface area contributed by atoms with E-state index in [4.69, 9.17) is 19.2 Å². The number of nitrogens with zero attached hydrogens (tertiary/aromatic N) is 2. The van der Waals surface area contributed by atoms with E-state index in [2.05, 4.69) is 22.3 Å². The van der Waals surface area contributed by atoms with Gasteiger partial charge in [0.25, 0.3) is 5.91 Å². The van der Waals surface area contributed by atoms with Gasteiger partial charge in [0, 0.05) is 36.3 Å². The summed E-state index contributed by atoms with van der Waals surface area (Å²) in [6, 6.07) is 17.5. The van der Waals surface area contributed by atoms with E-state index in [9.17, 15) is 4.79 Å². The first-order chi connectivity index (χ1) is 17.5. The minimum atomic E-state index is -0.102. The Hall–Kier alpha value is -3.58. The first kappa shape index (κ1) is 25.5. The number of amides is 1. The molecule has 0 atom stereocenters. The van der Waals surface area contributed by atoms with Crippen LogP contribution in [0.2, 0.25) is 0 Å². The molecule has 1 saturated heterocycles. The fourth-order valence-electron chi connectivity index (χ4n) is 4.78. The zero-order valence-electron chi connectivity index (χ0n) is 21.5. The molecule has 1 aromatic heterocycles. The van der Waals surface area contributed by atoms with E-state index in [0.717, 1.165) is 72.2 Å². The number of likely N-dealkylation sites (tertiary alicyclic amines) is 1. The number of methoxy groups -OCH3 is 3. The molecule has 7 heteroatoms. The van der Waals surface area contributed by atoms with Crippen LogP contribution >= 0.6 is 0 Å². The molecule has 1 aliphatic heterocycles. The minimum absolute atomic E-state index is 0.102. The molecule has 1 N–H and O–H groups in total. The molecule has 0 unspecified atom stereocenters. The quantitative estimate of drug-likeness (QED) is 0.469. The summed E-state index contributed by atoms with van der Waals surface area (Å²) >= 11 is 0. The van der Waals surface area contributed by atoms with E-state index in [1.165, 1.54) is 0 Å². The summed E-state index contributed by atoms with van der Waals surface area (Å²) in [6.45, 7) is 5.07. The smallest absolute Gasteiger partial charge is 0.253 e. The Balaban J connectivity index is 1.42. The van der Waals surface area contributed by atoms with Crippen LogP contribution in [0.15, 0.2) is 54.6 Å². The number of ether oxygens (including phenoxy) is 3. The average molecular weight is 490 g/mol. The van der Waals surface area contributed by atoms with Crippen LogP contribution in [0, 0.1) is 6.92 Å². The third-order valence-corrected chi connectivity index (χ3v) is 6.73. The first-order valence-corrected chi connectivity index (χ1v) is 12.3. The molecule has 2 aromatic carbocycles. The number of pyridine rings is 1. The van der Waals surface area contributed by atoms with Gasteiger partial charge in [-0.05, 0) is 68.8 Å². The first-order valence-electron chi connectivity index (χ1n) is 12.3. The maximum absolute atomic E-state index is 13.2. The van der Waals surface area contributed by atoms with Gasteiger partial charge < -0.3 is 19.5 Å². The summed E-state index contributed by atoms with van der Waals surface area (Å²) < 4.78 is 16.2. The monoisotopic (exact) mass is 489 g/mol. The molecule has 0 saturated carbocycles. The number of aromatic nitrogens is 1. The van der Waals surface area contributed by atoms with Crippen molar-refractivity contribution in [1.82, 2.24) is 15.2 Å². The lowest BCUT2D eigenvalue weighted by atomic mass is 9.89. The molecule has 0 bridgehead atoms. The van der Waals surface area contributed by atoms with Crippen molar-refractivity contribution in [3.05, 3.63) is 82.7 Å². The Morgan fingerprint density at radius 3 is 2.33 bits per heavy atom. The highest BCUT2D eigenvalue weighted by molar-refractivity contribution is 5.95. The SMILES string of the molecule is COc1cc(CN2CCC(c3nc(C)ccc3C(=O)NCc3ccccc3OC)CC2)cc(OC)c1. The van der Waals surface area contributed by atoms with E-state index < -0.39 is 0 Å². The van der Waals surface area contributed by atoms with Gasteiger partial charge in [-0.3, -0.25) is 14.7 Å². The van der Waals surface area contributed by atoms with Crippen molar-refractivity contribution in [2.45, 2.75) is 38.8 Å². The summed E-state index contributed by atoms with van der Waals surface area (Å²) in [5.41, 5.74) is 4.59. The summed E-state index contributed by atoms with van der Waals surface area (Å²) in [5, 5.41) is 3.06. The Morgan fingerprint density at radius 1 is 0.972 bits per heavy atom. The van der Waals surface area contributed by atoms with Crippen LogP contribution in [0.3, 0.4) is 0 Å². The number of rotatable bonds is 9. The molecule has 7 nitrogen and oxygen atoms in total.